The molecule has 2 aromatic rings. The molecule has 0 N–H and O–H groups in total. The molecule has 0 spiro atoms. The van der Waals surface area contributed by atoms with Crippen molar-refractivity contribution in [2.24, 2.45) is 0 Å². The first-order valence-corrected chi connectivity index (χ1v) is 5.64. The zero-order valence-corrected chi connectivity index (χ0v) is 9.54. The minimum absolute atomic E-state index is 0.125. The molecule has 0 bridgehead atoms. The lowest BCUT2D eigenvalue weighted by Gasteiger charge is -1.96. The van der Waals surface area contributed by atoms with Crippen LogP contribution in [0.15, 0.2) is 66.7 Å². The third kappa shape index (κ3) is 3.72. The van der Waals surface area contributed by atoms with E-state index in [-0.39, 0.29) is 5.78 Å². The lowest BCUT2D eigenvalue weighted by molar-refractivity contribution is -0.113. The Hall–Kier alpha value is -2.15. The molecule has 0 unspecified atom stereocenters. The first kappa shape index (κ1) is 11.3. The van der Waals surface area contributed by atoms with Gasteiger partial charge in [0, 0.05) is 6.42 Å². The Morgan fingerprint density at radius 1 is 0.882 bits per heavy atom. The summed E-state index contributed by atoms with van der Waals surface area (Å²) in [5.74, 6) is 0.125. The Morgan fingerprint density at radius 2 is 1.47 bits per heavy atom. The van der Waals surface area contributed by atoms with Crippen LogP contribution in [0.4, 0.5) is 0 Å². The highest BCUT2D eigenvalue weighted by atomic mass is 16.1. The normalized spacial score (nSPS) is 10.6. The molecular formula is C16H14O. The second-order valence-corrected chi connectivity index (χ2v) is 3.87. The van der Waals surface area contributed by atoms with Crippen molar-refractivity contribution in [2.45, 2.75) is 6.42 Å². The molecule has 0 aliphatic rings. The van der Waals surface area contributed by atoms with Crippen molar-refractivity contribution in [1.82, 2.24) is 0 Å². The quantitative estimate of drug-likeness (QED) is 0.723. The second kappa shape index (κ2) is 5.80. The summed E-state index contributed by atoms with van der Waals surface area (Å²) >= 11 is 0. The van der Waals surface area contributed by atoms with Crippen molar-refractivity contribution in [3.05, 3.63) is 77.9 Å². The van der Waals surface area contributed by atoms with Gasteiger partial charge in [0.15, 0.2) is 5.78 Å². The van der Waals surface area contributed by atoms with Crippen LogP contribution in [-0.4, -0.2) is 5.78 Å². The number of allylic oxidation sites excluding steroid dienone is 1. The van der Waals surface area contributed by atoms with E-state index >= 15 is 0 Å². The van der Waals surface area contributed by atoms with Gasteiger partial charge < -0.3 is 0 Å². The highest BCUT2D eigenvalue weighted by molar-refractivity contribution is 5.94. The van der Waals surface area contributed by atoms with E-state index in [0.29, 0.717) is 6.42 Å². The fraction of sp³-hybridized carbons (Fsp3) is 0.0625. The van der Waals surface area contributed by atoms with Gasteiger partial charge in [-0.05, 0) is 17.2 Å². The Morgan fingerprint density at radius 3 is 2.12 bits per heavy atom. The van der Waals surface area contributed by atoms with Crippen LogP contribution < -0.4 is 0 Å². The minimum Gasteiger partial charge on any atom is -0.294 e. The van der Waals surface area contributed by atoms with E-state index in [2.05, 4.69) is 0 Å². The lowest BCUT2D eigenvalue weighted by Crippen LogP contribution is -1.97. The first-order valence-electron chi connectivity index (χ1n) is 5.64. The molecule has 0 saturated carbocycles. The smallest absolute Gasteiger partial charge is 0.160 e. The highest BCUT2D eigenvalue weighted by Gasteiger charge is 1.98. The third-order valence-corrected chi connectivity index (χ3v) is 2.48. The molecule has 2 rings (SSSR count). The summed E-state index contributed by atoms with van der Waals surface area (Å²) in [6.45, 7) is 0. The summed E-state index contributed by atoms with van der Waals surface area (Å²) in [7, 11) is 0. The van der Waals surface area contributed by atoms with Crippen LogP contribution in [0.1, 0.15) is 11.1 Å². The number of benzene rings is 2. The van der Waals surface area contributed by atoms with Gasteiger partial charge in [-0.25, -0.2) is 0 Å². The summed E-state index contributed by atoms with van der Waals surface area (Å²) in [4.78, 5) is 11.7. The van der Waals surface area contributed by atoms with E-state index in [1.165, 1.54) is 0 Å². The summed E-state index contributed by atoms with van der Waals surface area (Å²) in [6, 6.07) is 19.6. The zero-order chi connectivity index (χ0) is 11.9. The molecule has 0 aromatic heterocycles. The minimum atomic E-state index is 0.125. The standard InChI is InChI=1S/C16H14O/c17-16(13-15-9-5-2-6-10-15)12-11-14-7-3-1-4-8-14/h1-12H,13H2/b12-11+. The molecule has 17 heavy (non-hydrogen) atoms. The topological polar surface area (TPSA) is 17.1 Å². The molecule has 0 aliphatic carbocycles. The van der Waals surface area contributed by atoms with Gasteiger partial charge in [0.25, 0.3) is 0 Å². The predicted molar refractivity (Wildman–Crippen MR) is 70.6 cm³/mol. The monoisotopic (exact) mass is 222 g/mol. The van der Waals surface area contributed by atoms with E-state index in [1.54, 1.807) is 6.08 Å². The van der Waals surface area contributed by atoms with Crippen molar-refractivity contribution in [3.8, 4) is 0 Å². The SMILES string of the molecule is O=C(/C=C/c1ccccc1)Cc1ccccc1. The molecule has 0 radical (unpaired) electrons. The van der Waals surface area contributed by atoms with E-state index in [1.807, 2.05) is 66.7 Å². The van der Waals surface area contributed by atoms with E-state index in [4.69, 9.17) is 0 Å². The largest absolute Gasteiger partial charge is 0.294 e. The van der Waals surface area contributed by atoms with Crippen molar-refractivity contribution in [2.75, 3.05) is 0 Å². The number of carbonyl (C=O) groups is 1. The molecule has 1 nitrogen and oxygen atoms in total. The fourth-order valence-corrected chi connectivity index (χ4v) is 1.61. The average Bonchev–Trinajstić information content (AvgIpc) is 2.39. The number of ketones is 1. The van der Waals surface area contributed by atoms with Crippen LogP contribution in [0.5, 0.6) is 0 Å². The van der Waals surface area contributed by atoms with Gasteiger partial charge in [-0.1, -0.05) is 66.7 Å². The Kier molecular flexibility index (Phi) is 3.87. The van der Waals surface area contributed by atoms with Crippen LogP contribution in [0, 0.1) is 0 Å². The van der Waals surface area contributed by atoms with Crippen LogP contribution in [0.2, 0.25) is 0 Å². The summed E-state index contributed by atoms with van der Waals surface area (Å²) in [5, 5.41) is 0. The number of hydrogen-bond acceptors (Lipinski definition) is 1. The fourth-order valence-electron chi connectivity index (χ4n) is 1.61. The van der Waals surface area contributed by atoms with Crippen molar-refractivity contribution in [1.29, 1.82) is 0 Å². The van der Waals surface area contributed by atoms with Gasteiger partial charge >= 0.3 is 0 Å². The molecule has 0 atom stereocenters. The van der Waals surface area contributed by atoms with Crippen molar-refractivity contribution >= 4 is 11.9 Å². The van der Waals surface area contributed by atoms with E-state index < -0.39 is 0 Å². The highest BCUT2D eigenvalue weighted by Crippen LogP contribution is 2.04. The molecule has 0 heterocycles. The lowest BCUT2D eigenvalue weighted by atomic mass is 10.1. The van der Waals surface area contributed by atoms with Gasteiger partial charge in [-0.3, -0.25) is 4.79 Å². The Labute approximate surface area is 101 Å². The second-order valence-electron chi connectivity index (χ2n) is 3.87. The maximum absolute atomic E-state index is 11.7. The third-order valence-electron chi connectivity index (χ3n) is 2.48. The molecule has 0 saturated heterocycles. The first-order chi connectivity index (χ1) is 8.34. The van der Waals surface area contributed by atoms with Gasteiger partial charge in [-0.2, -0.15) is 0 Å². The Balaban J connectivity index is 1.96. The van der Waals surface area contributed by atoms with Gasteiger partial charge in [-0.15, -0.1) is 0 Å². The molecule has 2 aromatic carbocycles. The molecule has 0 fully saturated rings. The number of carbonyl (C=O) groups excluding carboxylic acids is 1. The van der Waals surface area contributed by atoms with Crippen molar-refractivity contribution in [3.63, 3.8) is 0 Å². The van der Waals surface area contributed by atoms with Crippen LogP contribution in [0.25, 0.3) is 6.08 Å². The Bertz CT molecular complexity index is 498. The maximum atomic E-state index is 11.7. The van der Waals surface area contributed by atoms with Crippen molar-refractivity contribution < 1.29 is 4.79 Å². The van der Waals surface area contributed by atoms with Crippen LogP contribution >= 0.6 is 0 Å². The average molecular weight is 222 g/mol. The van der Waals surface area contributed by atoms with Gasteiger partial charge in [0.2, 0.25) is 0 Å². The zero-order valence-electron chi connectivity index (χ0n) is 9.54. The molecule has 84 valence electrons. The van der Waals surface area contributed by atoms with E-state index in [9.17, 15) is 4.79 Å². The molecule has 0 aliphatic heterocycles. The predicted octanol–water partition coefficient (Wildman–Crippen LogP) is 3.51. The van der Waals surface area contributed by atoms with E-state index in [0.717, 1.165) is 11.1 Å². The summed E-state index contributed by atoms with van der Waals surface area (Å²) in [5.41, 5.74) is 2.10. The molecular weight excluding hydrogens is 208 g/mol. The summed E-state index contributed by atoms with van der Waals surface area (Å²) in [6.07, 6.45) is 3.96. The molecule has 1 heteroatoms. The maximum Gasteiger partial charge on any atom is 0.160 e. The number of hydrogen-bond donors (Lipinski definition) is 0. The van der Waals surface area contributed by atoms with Crippen LogP contribution in [-0.2, 0) is 11.2 Å². The molecule has 0 amide bonds. The van der Waals surface area contributed by atoms with Crippen LogP contribution in [0.3, 0.4) is 0 Å². The van der Waals surface area contributed by atoms with Gasteiger partial charge in [0.1, 0.15) is 0 Å². The number of rotatable bonds is 4. The van der Waals surface area contributed by atoms with Gasteiger partial charge in [0.05, 0.1) is 0 Å². The summed E-state index contributed by atoms with van der Waals surface area (Å²) < 4.78 is 0.